The highest BCUT2D eigenvalue weighted by atomic mass is 16.3. The molecule has 1 saturated carbocycles. The lowest BCUT2D eigenvalue weighted by atomic mass is 9.73. The first-order valence-corrected chi connectivity index (χ1v) is 7.58. The van der Waals surface area contributed by atoms with E-state index in [-0.39, 0.29) is 29.8 Å². The molecule has 0 aromatic rings. The van der Waals surface area contributed by atoms with Crippen LogP contribution in [0.15, 0.2) is 0 Å². The lowest BCUT2D eigenvalue weighted by Gasteiger charge is -2.31. The lowest BCUT2D eigenvalue weighted by Crippen LogP contribution is -2.39. The van der Waals surface area contributed by atoms with E-state index in [0.717, 1.165) is 32.1 Å². The Morgan fingerprint density at radius 1 is 1.26 bits per heavy atom. The van der Waals surface area contributed by atoms with Crippen LogP contribution < -0.4 is 0 Å². The standard InChI is InChI=1S/C15H25NO3/c1-2-12(6-9-17)11-16-13(18)10-15(14(16)19)7-4-3-5-8-15/h12,17H,2-11H2,1H3. The van der Waals surface area contributed by atoms with Crippen LogP contribution in [0.25, 0.3) is 0 Å². The number of amides is 2. The molecule has 1 unspecified atom stereocenters. The fourth-order valence-electron chi connectivity index (χ4n) is 3.53. The summed E-state index contributed by atoms with van der Waals surface area (Å²) in [5.41, 5.74) is -0.368. The van der Waals surface area contributed by atoms with E-state index in [0.29, 0.717) is 19.4 Å². The first-order chi connectivity index (χ1) is 9.13. The van der Waals surface area contributed by atoms with Crippen molar-refractivity contribution >= 4 is 11.8 Å². The molecule has 0 bridgehead atoms. The number of aliphatic hydroxyl groups excluding tert-OH is 1. The first kappa shape index (κ1) is 14.5. The molecule has 4 heteroatoms. The Morgan fingerprint density at radius 3 is 2.53 bits per heavy atom. The van der Waals surface area contributed by atoms with Crippen LogP contribution in [0.2, 0.25) is 0 Å². The maximum atomic E-state index is 12.6. The Labute approximate surface area is 115 Å². The Balaban J connectivity index is 2.05. The quantitative estimate of drug-likeness (QED) is 0.776. The molecule has 1 atom stereocenters. The lowest BCUT2D eigenvalue weighted by molar-refractivity contribution is -0.143. The van der Waals surface area contributed by atoms with Gasteiger partial charge in [0, 0.05) is 19.6 Å². The highest BCUT2D eigenvalue weighted by Crippen LogP contribution is 2.45. The smallest absolute Gasteiger partial charge is 0.235 e. The van der Waals surface area contributed by atoms with Gasteiger partial charge in [0.15, 0.2) is 0 Å². The van der Waals surface area contributed by atoms with Crippen LogP contribution >= 0.6 is 0 Å². The molecule has 1 aliphatic carbocycles. The third-order valence-electron chi connectivity index (χ3n) is 4.86. The van der Waals surface area contributed by atoms with Gasteiger partial charge in [-0.3, -0.25) is 14.5 Å². The Kier molecular flexibility index (Phi) is 4.61. The molecule has 108 valence electrons. The van der Waals surface area contributed by atoms with Crippen molar-refractivity contribution < 1.29 is 14.7 Å². The second-order valence-electron chi connectivity index (χ2n) is 6.11. The van der Waals surface area contributed by atoms with Gasteiger partial charge in [-0.15, -0.1) is 0 Å². The minimum atomic E-state index is -0.368. The number of likely N-dealkylation sites (tertiary alicyclic amines) is 1. The summed E-state index contributed by atoms with van der Waals surface area (Å²) in [4.78, 5) is 26.2. The van der Waals surface area contributed by atoms with Crippen molar-refractivity contribution in [1.29, 1.82) is 0 Å². The van der Waals surface area contributed by atoms with Crippen LogP contribution in [0.1, 0.15) is 58.3 Å². The molecule has 2 rings (SSSR count). The van der Waals surface area contributed by atoms with Gasteiger partial charge in [0.25, 0.3) is 0 Å². The van der Waals surface area contributed by atoms with Crippen molar-refractivity contribution in [2.45, 2.75) is 58.3 Å². The van der Waals surface area contributed by atoms with E-state index in [1.54, 1.807) is 0 Å². The predicted molar refractivity (Wildman–Crippen MR) is 72.3 cm³/mol. The van der Waals surface area contributed by atoms with Crippen molar-refractivity contribution in [1.82, 2.24) is 4.90 Å². The van der Waals surface area contributed by atoms with E-state index in [9.17, 15) is 9.59 Å². The summed E-state index contributed by atoms with van der Waals surface area (Å²) in [5, 5.41) is 9.03. The van der Waals surface area contributed by atoms with E-state index in [2.05, 4.69) is 0 Å². The SMILES string of the molecule is CCC(CCO)CN1C(=O)CC2(CCCCC2)C1=O. The van der Waals surface area contributed by atoms with Crippen LogP contribution in [0, 0.1) is 11.3 Å². The van der Waals surface area contributed by atoms with Crippen molar-refractivity contribution in [2.75, 3.05) is 13.2 Å². The van der Waals surface area contributed by atoms with E-state index in [1.807, 2.05) is 6.92 Å². The van der Waals surface area contributed by atoms with Crippen molar-refractivity contribution in [3.63, 3.8) is 0 Å². The second kappa shape index (κ2) is 6.04. The van der Waals surface area contributed by atoms with Gasteiger partial charge in [-0.05, 0) is 25.2 Å². The number of hydrogen-bond donors (Lipinski definition) is 1. The van der Waals surface area contributed by atoms with E-state index >= 15 is 0 Å². The average molecular weight is 267 g/mol. The number of carbonyl (C=O) groups excluding carboxylic acids is 2. The van der Waals surface area contributed by atoms with Crippen LogP contribution in [0.4, 0.5) is 0 Å². The summed E-state index contributed by atoms with van der Waals surface area (Å²) in [5.74, 6) is 0.300. The minimum Gasteiger partial charge on any atom is -0.396 e. The molecule has 1 saturated heterocycles. The van der Waals surface area contributed by atoms with E-state index in [4.69, 9.17) is 5.11 Å². The molecule has 2 fully saturated rings. The molecule has 19 heavy (non-hydrogen) atoms. The maximum Gasteiger partial charge on any atom is 0.235 e. The fourth-order valence-corrected chi connectivity index (χ4v) is 3.53. The highest BCUT2D eigenvalue weighted by Gasteiger charge is 2.51. The summed E-state index contributed by atoms with van der Waals surface area (Å²) in [6.45, 7) is 2.66. The normalized spacial score (nSPS) is 24.2. The van der Waals surface area contributed by atoms with Gasteiger partial charge in [0.2, 0.25) is 11.8 Å². The molecule has 1 heterocycles. The summed E-state index contributed by atoms with van der Waals surface area (Å²) in [7, 11) is 0. The van der Waals surface area contributed by atoms with E-state index < -0.39 is 0 Å². The topological polar surface area (TPSA) is 57.6 Å². The Morgan fingerprint density at radius 2 is 1.95 bits per heavy atom. The predicted octanol–water partition coefficient (Wildman–Crippen LogP) is 2.10. The zero-order valence-corrected chi connectivity index (χ0v) is 11.9. The molecule has 0 aromatic carbocycles. The molecule has 4 nitrogen and oxygen atoms in total. The average Bonchev–Trinajstić information content (AvgIpc) is 2.63. The van der Waals surface area contributed by atoms with Crippen LogP contribution in [0.5, 0.6) is 0 Å². The van der Waals surface area contributed by atoms with Gasteiger partial charge in [-0.25, -0.2) is 0 Å². The number of nitrogens with zero attached hydrogens (tertiary/aromatic N) is 1. The van der Waals surface area contributed by atoms with Gasteiger partial charge in [0.1, 0.15) is 0 Å². The van der Waals surface area contributed by atoms with Gasteiger partial charge >= 0.3 is 0 Å². The van der Waals surface area contributed by atoms with Crippen molar-refractivity contribution in [2.24, 2.45) is 11.3 Å². The molecule has 1 N–H and O–H groups in total. The number of carbonyl (C=O) groups is 2. The van der Waals surface area contributed by atoms with Gasteiger partial charge in [-0.1, -0.05) is 32.6 Å². The second-order valence-corrected chi connectivity index (χ2v) is 6.11. The molecule has 1 aliphatic heterocycles. The molecule has 0 radical (unpaired) electrons. The van der Waals surface area contributed by atoms with E-state index in [1.165, 1.54) is 11.3 Å². The zero-order valence-electron chi connectivity index (χ0n) is 11.9. The highest BCUT2D eigenvalue weighted by molar-refractivity contribution is 6.05. The third-order valence-corrected chi connectivity index (χ3v) is 4.86. The maximum absolute atomic E-state index is 12.6. The third kappa shape index (κ3) is 2.83. The largest absolute Gasteiger partial charge is 0.396 e. The van der Waals surface area contributed by atoms with Crippen LogP contribution in [-0.4, -0.2) is 35.0 Å². The zero-order chi connectivity index (χ0) is 13.9. The first-order valence-electron chi connectivity index (χ1n) is 7.58. The summed E-state index contributed by atoms with van der Waals surface area (Å²) < 4.78 is 0. The van der Waals surface area contributed by atoms with Gasteiger partial charge < -0.3 is 5.11 Å². The molecule has 1 spiro atoms. The summed E-state index contributed by atoms with van der Waals surface area (Å²) in [6, 6.07) is 0. The summed E-state index contributed by atoms with van der Waals surface area (Å²) in [6.07, 6.45) is 7.06. The monoisotopic (exact) mass is 267 g/mol. The van der Waals surface area contributed by atoms with Crippen LogP contribution in [0.3, 0.4) is 0 Å². The molecular weight excluding hydrogens is 242 g/mol. The molecule has 2 amide bonds. The number of rotatable bonds is 5. The van der Waals surface area contributed by atoms with Crippen molar-refractivity contribution in [3.8, 4) is 0 Å². The molecular formula is C15H25NO3. The number of aliphatic hydroxyl groups is 1. The Hall–Kier alpha value is -0.900. The summed E-state index contributed by atoms with van der Waals surface area (Å²) >= 11 is 0. The molecule has 0 aromatic heterocycles. The minimum absolute atomic E-state index is 0.00305. The Bertz CT molecular complexity index is 347. The van der Waals surface area contributed by atoms with Crippen molar-refractivity contribution in [3.05, 3.63) is 0 Å². The fraction of sp³-hybridized carbons (Fsp3) is 0.867. The van der Waals surface area contributed by atoms with Gasteiger partial charge in [-0.2, -0.15) is 0 Å². The number of imide groups is 1. The van der Waals surface area contributed by atoms with Gasteiger partial charge in [0.05, 0.1) is 5.41 Å². The number of hydrogen-bond acceptors (Lipinski definition) is 3. The van der Waals surface area contributed by atoms with Crippen LogP contribution in [-0.2, 0) is 9.59 Å². The molecule has 2 aliphatic rings.